The zero-order valence-corrected chi connectivity index (χ0v) is 9.60. The van der Waals surface area contributed by atoms with Crippen molar-refractivity contribution in [1.29, 1.82) is 0 Å². The molecule has 13 heavy (non-hydrogen) atoms. The first-order valence-electron chi connectivity index (χ1n) is 5.86. The van der Waals surface area contributed by atoms with Crippen molar-refractivity contribution in [3.8, 4) is 0 Å². The van der Waals surface area contributed by atoms with Gasteiger partial charge in [0.2, 0.25) is 0 Å². The molecule has 0 aromatic heterocycles. The van der Waals surface area contributed by atoms with Gasteiger partial charge in [-0.25, -0.2) is 0 Å². The topological polar surface area (TPSA) is 3.24 Å². The third-order valence-corrected chi connectivity index (χ3v) is 3.18. The van der Waals surface area contributed by atoms with E-state index in [2.05, 4.69) is 25.7 Å². The number of hydrogen-bond acceptors (Lipinski definition) is 1. The van der Waals surface area contributed by atoms with E-state index in [-0.39, 0.29) is 0 Å². The molecule has 1 nitrogen and oxygen atoms in total. The Morgan fingerprint density at radius 2 is 1.77 bits per heavy atom. The van der Waals surface area contributed by atoms with Crippen molar-refractivity contribution in [2.24, 2.45) is 5.41 Å². The van der Waals surface area contributed by atoms with E-state index in [1.807, 2.05) is 0 Å². The molecular weight excluding hydrogens is 158 g/mol. The highest BCUT2D eigenvalue weighted by Gasteiger charge is 2.21. The van der Waals surface area contributed by atoms with Gasteiger partial charge < -0.3 is 4.90 Å². The van der Waals surface area contributed by atoms with Crippen LogP contribution < -0.4 is 0 Å². The number of hydrogen-bond donors (Lipinski definition) is 0. The second-order valence-electron chi connectivity index (χ2n) is 5.20. The lowest BCUT2D eigenvalue weighted by atomic mass is 9.87. The van der Waals surface area contributed by atoms with E-state index in [4.69, 9.17) is 0 Å². The van der Waals surface area contributed by atoms with Crippen molar-refractivity contribution in [1.82, 2.24) is 4.90 Å². The van der Waals surface area contributed by atoms with E-state index in [9.17, 15) is 0 Å². The summed E-state index contributed by atoms with van der Waals surface area (Å²) in [6, 6.07) is 0. The summed E-state index contributed by atoms with van der Waals surface area (Å²) in [6.45, 7) is 11.0. The first-order chi connectivity index (χ1) is 6.14. The molecule has 1 fully saturated rings. The lowest BCUT2D eigenvalue weighted by Gasteiger charge is -2.31. The van der Waals surface area contributed by atoms with Gasteiger partial charge in [0.15, 0.2) is 0 Å². The van der Waals surface area contributed by atoms with Gasteiger partial charge in [-0.05, 0) is 31.3 Å². The van der Waals surface area contributed by atoms with Crippen molar-refractivity contribution in [2.45, 2.75) is 52.9 Å². The summed E-state index contributed by atoms with van der Waals surface area (Å²) in [5, 5.41) is 0. The fourth-order valence-corrected chi connectivity index (χ4v) is 2.33. The Labute approximate surface area is 83.5 Å². The van der Waals surface area contributed by atoms with Crippen LogP contribution in [0, 0.1) is 5.41 Å². The van der Waals surface area contributed by atoms with E-state index in [1.54, 1.807) is 0 Å². The number of rotatable bonds is 1. The summed E-state index contributed by atoms with van der Waals surface area (Å²) in [7, 11) is 0. The Balaban J connectivity index is 2.48. The Hall–Kier alpha value is -0.0400. The molecule has 1 aliphatic heterocycles. The Bertz CT molecular complexity index is 140. The van der Waals surface area contributed by atoms with Crippen LogP contribution in [0.25, 0.3) is 0 Å². The molecule has 0 amide bonds. The van der Waals surface area contributed by atoms with Crippen LogP contribution in [0.2, 0.25) is 0 Å². The molecule has 1 heteroatoms. The second-order valence-corrected chi connectivity index (χ2v) is 5.20. The van der Waals surface area contributed by atoms with Gasteiger partial charge in [-0.1, -0.05) is 40.0 Å². The van der Waals surface area contributed by atoms with E-state index in [0.29, 0.717) is 5.41 Å². The van der Waals surface area contributed by atoms with Gasteiger partial charge in [-0.15, -0.1) is 0 Å². The Kier molecular flexibility index (Phi) is 4.24. The molecule has 1 rings (SSSR count). The minimum absolute atomic E-state index is 0.542. The second kappa shape index (κ2) is 4.99. The summed E-state index contributed by atoms with van der Waals surface area (Å²) >= 11 is 0. The summed E-state index contributed by atoms with van der Waals surface area (Å²) in [4.78, 5) is 2.62. The van der Waals surface area contributed by atoms with Crippen LogP contribution in [0.1, 0.15) is 52.9 Å². The molecule has 0 aromatic rings. The molecule has 0 atom stereocenters. The van der Waals surface area contributed by atoms with Crippen LogP contribution in [0.3, 0.4) is 0 Å². The zero-order chi connectivity index (χ0) is 9.73. The Morgan fingerprint density at radius 1 is 1.08 bits per heavy atom. The predicted octanol–water partition coefficient (Wildman–Crippen LogP) is 3.30. The average Bonchev–Trinajstić information content (AvgIpc) is 2.15. The summed E-state index contributed by atoms with van der Waals surface area (Å²) in [6.07, 6.45) is 7.13. The molecule has 0 spiro atoms. The first kappa shape index (κ1) is 11.0. The predicted molar refractivity (Wildman–Crippen MR) is 59.0 cm³/mol. The summed E-state index contributed by atoms with van der Waals surface area (Å²) in [5.74, 6) is 0. The standard InChI is InChI=1S/C12H25N/c1-4-13-10-8-6-5-7-9-12(2,3)11-13/h4-11H2,1-3H3. The smallest absolute Gasteiger partial charge is 0.00326 e. The average molecular weight is 183 g/mol. The monoisotopic (exact) mass is 183 g/mol. The lowest BCUT2D eigenvalue weighted by Crippen LogP contribution is -2.34. The van der Waals surface area contributed by atoms with Gasteiger partial charge in [0.05, 0.1) is 0 Å². The maximum Gasteiger partial charge on any atom is 0.00326 e. The maximum atomic E-state index is 2.62. The van der Waals surface area contributed by atoms with E-state index in [0.717, 1.165) is 0 Å². The van der Waals surface area contributed by atoms with Gasteiger partial charge in [-0.3, -0.25) is 0 Å². The molecule has 0 unspecified atom stereocenters. The quantitative estimate of drug-likeness (QED) is 0.603. The molecule has 1 heterocycles. The van der Waals surface area contributed by atoms with E-state index < -0.39 is 0 Å². The normalized spacial score (nSPS) is 26.1. The molecule has 1 saturated heterocycles. The molecule has 0 aliphatic carbocycles. The van der Waals surface area contributed by atoms with Gasteiger partial charge in [0.1, 0.15) is 0 Å². The lowest BCUT2D eigenvalue weighted by molar-refractivity contribution is 0.179. The van der Waals surface area contributed by atoms with Crippen LogP contribution in [0.15, 0.2) is 0 Å². The number of nitrogens with zero attached hydrogens (tertiary/aromatic N) is 1. The molecule has 0 bridgehead atoms. The van der Waals surface area contributed by atoms with Gasteiger partial charge in [0.25, 0.3) is 0 Å². The molecule has 0 N–H and O–H groups in total. The van der Waals surface area contributed by atoms with Gasteiger partial charge in [-0.2, -0.15) is 0 Å². The largest absolute Gasteiger partial charge is 0.303 e. The maximum absolute atomic E-state index is 2.62. The minimum atomic E-state index is 0.542. The van der Waals surface area contributed by atoms with E-state index >= 15 is 0 Å². The molecular formula is C12H25N. The fourth-order valence-electron chi connectivity index (χ4n) is 2.33. The summed E-state index contributed by atoms with van der Waals surface area (Å²) in [5.41, 5.74) is 0.542. The highest BCUT2D eigenvalue weighted by molar-refractivity contribution is 4.75. The molecule has 0 aromatic carbocycles. The highest BCUT2D eigenvalue weighted by Crippen LogP contribution is 2.26. The molecule has 0 saturated carbocycles. The van der Waals surface area contributed by atoms with Crippen molar-refractivity contribution >= 4 is 0 Å². The van der Waals surface area contributed by atoms with Crippen LogP contribution in [0.4, 0.5) is 0 Å². The highest BCUT2D eigenvalue weighted by atomic mass is 15.1. The van der Waals surface area contributed by atoms with Crippen molar-refractivity contribution in [2.75, 3.05) is 19.6 Å². The van der Waals surface area contributed by atoms with Crippen LogP contribution in [-0.2, 0) is 0 Å². The van der Waals surface area contributed by atoms with Crippen molar-refractivity contribution in [3.05, 3.63) is 0 Å². The molecule has 0 radical (unpaired) electrons. The van der Waals surface area contributed by atoms with Crippen LogP contribution in [0.5, 0.6) is 0 Å². The van der Waals surface area contributed by atoms with Crippen LogP contribution >= 0.6 is 0 Å². The Morgan fingerprint density at radius 3 is 2.46 bits per heavy atom. The van der Waals surface area contributed by atoms with Gasteiger partial charge in [0, 0.05) is 6.54 Å². The third kappa shape index (κ3) is 4.12. The minimum Gasteiger partial charge on any atom is -0.303 e. The third-order valence-electron chi connectivity index (χ3n) is 3.18. The zero-order valence-electron chi connectivity index (χ0n) is 9.60. The van der Waals surface area contributed by atoms with Crippen molar-refractivity contribution in [3.63, 3.8) is 0 Å². The SMILES string of the molecule is CCN1CCCCCCC(C)(C)C1. The first-order valence-corrected chi connectivity index (χ1v) is 5.86. The fraction of sp³-hybridized carbons (Fsp3) is 1.00. The van der Waals surface area contributed by atoms with Gasteiger partial charge >= 0.3 is 0 Å². The molecule has 78 valence electrons. The van der Waals surface area contributed by atoms with E-state index in [1.165, 1.54) is 51.7 Å². The van der Waals surface area contributed by atoms with Crippen LogP contribution in [-0.4, -0.2) is 24.5 Å². The summed E-state index contributed by atoms with van der Waals surface area (Å²) < 4.78 is 0. The van der Waals surface area contributed by atoms with Crippen molar-refractivity contribution < 1.29 is 0 Å². The molecule has 1 aliphatic rings.